The highest BCUT2D eigenvalue weighted by Gasteiger charge is 2.27. The average molecular weight is 255 g/mol. The number of aromatic nitrogens is 1. The Kier molecular flexibility index (Phi) is 3.64. The largest absolute Gasteiger partial charge is 0.391 e. The molecule has 1 saturated heterocycles. The Bertz CT molecular complexity index is 415. The van der Waals surface area contributed by atoms with Gasteiger partial charge in [0.15, 0.2) is 0 Å². The number of β-amino-alcohol motifs (C(OH)–C–C–N with tert-alkyl or cyclic N) is 1. The third-order valence-corrected chi connectivity index (χ3v) is 3.23. The smallest absolute Gasteiger partial charge is 0.255 e. The lowest BCUT2D eigenvalue weighted by molar-refractivity contribution is 0.0339. The van der Waals surface area contributed by atoms with Crippen LogP contribution in [0.1, 0.15) is 23.7 Å². The van der Waals surface area contributed by atoms with E-state index in [9.17, 15) is 9.90 Å². The molecule has 0 saturated carbocycles. The number of carbonyl (C=O) groups excluding carboxylic acids is 1. The van der Waals surface area contributed by atoms with Crippen molar-refractivity contribution in [3.8, 4) is 0 Å². The van der Waals surface area contributed by atoms with Crippen LogP contribution in [-0.2, 0) is 0 Å². The highest BCUT2D eigenvalue weighted by atomic mass is 35.5. The maximum absolute atomic E-state index is 12.2. The topological polar surface area (TPSA) is 53.4 Å². The molecule has 0 aromatic carbocycles. The Morgan fingerprint density at radius 3 is 3.00 bits per heavy atom. The number of hydrogen-bond acceptors (Lipinski definition) is 3. The lowest BCUT2D eigenvalue weighted by Crippen LogP contribution is -2.45. The minimum atomic E-state index is -0.441. The maximum atomic E-state index is 12.2. The zero-order chi connectivity index (χ0) is 12.4. The van der Waals surface area contributed by atoms with Gasteiger partial charge in [-0.05, 0) is 18.4 Å². The van der Waals surface area contributed by atoms with E-state index in [-0.39, 0.29) is 5.91 Å². The summed E-state index contributed by atoms with van der Waals surface area (Å²) in [5, 5.41) is 10.0. The number of amides is 1. The van der Waals surface area contributed by atoms with Crippen molar-refractivity contribution in [2.24, 2.45) is 5.92 Å². The van der Waals surface area contributed by atoms with E-state index >= 15 is 0 Å². The third kappa shape index (κ3) is 2.76. The first-order chi connectivity index (χ1) is 8.08. The van der Waals surface area contributed by atoms with Crippen molar-refractivity contribution in [2.45, 2.75) is 19.4 Å². The van der Waals surface area contributed by atoms with E-state index in [4.69, 9.17) is 11.6 Å². The molecule has 2 unspecified atom stereocenters. The van der Waals surface area contributed by atoms with E-state index < -0.39 is 6.10 Å². The molecule has 2 rings (SSSR count). The molecular weight excluding hydrogens is 240 g/mol. The number of nitrogens with zero attached hydrogens (tertiary/aromatic N) is 2. The molecular formula is C12H15ClN2O2. The SMILES string of the molecule is CC1CC(O)CN(C(=O)c2ccncc2Cl)C1. The number of piperidine rings is 1. The lowest BCUT2D eigenvalue weighted by Gasteiger charge is -2.34. The van der Waals surface area contributed by atoms with Crippen molar-refractivity contribution >= 4 is 17.5 Å². The minimum Gasteiger partial charge on any atom is -0.391 e. The van der Waals surface area contributed by atoms with Gasteiger partial charge in [-0.1, -0.05) is 18.5 Å². The van der Waals surface area contributed by atoms with E-state index in [1.54, 1.807) is 17.2 Å². The molecule has 2 heterocycles. The van der Waals surface area contributed by atoms with Gasteiger partial charge < -0.3 is 10.0 Å². The van der Waals surface area contributed by atoms with Crippen molar-refractivity contribution in [3.05, 3.63) is 29.0 Å². The Balaban J connectivity index is 2.17. The molecule has 0 radical (unpaired) electrons. The fourth-order valence-electron chi connectivity index (χ4n) is 2.20. The van der Waals surface area contributed by atoms with Crippen LogP contribution < -0.4 is 0 Å². The van der Waals surface area contributed by atoms with Crippen molar-refractivity contribution in [1.82, 2.24) is 9.88 Å². The minimum absolute atomic E-state index is 0.136. The number of halogens is 1. The summed E-state index contributed by atoms with van der Waals surface area (Å²) >= 11 is 5.94. The zero-order valence-corrected chi connectivity index (χ0v) is 10.4. The van der Waals surface area contributed by atoms with E-state index in [2.05, 4.69) is 4.98 Å². The molecule has 17 heavy (non-hydrogen) atoms. The average Bonchev–Trinajstić information content (AvgIpc) is 2.27. The van der Waals surface area contributed by atoms with E-state index in [1.807, 2.05) is 6.92 Å². The number of hydrogen-bond donors (Lipinski definition) is 1. The summed E-state index contributed by atoms with van der Waals surface area (Å²) in [6.45, 7) is 3.06. The van der Waals surface area contributed by atoms with Crippen LogP contribution in [0.4, 0.5) is 0 Å². The van der Waals surface area contributed by atoms with Crippen molar-refractivity contribution < 1.29 is 9.90 Å². The second-order valence-electron chi connectivity index (χ2n) is 4.56. The molecule has 1 aliphatic heterocycles. The van der Waals surface area contributed by atoms with Gasteiger partial charge in [-0.3, -0.25) is 9.78 Å². The Hall–Kier alpha value is -1.13. The second-order valence-corrected chi connectivity index (χ2v) is 4.97. The van der Waals surface area contributed by atoms with Crippen LogP contribution in [0.3, 0.4) is 0 Å². The summed E-state index contributed by atoms with van der Waals surface area (Å²) in [6, 6.07) is 1.61. The first-order valence-electron chi connectivity index (χ1n) is 5.64. The van der Waals surface area contributed by atoms with E-state index in [0.717, 1.165) is 6.42 Å². The molecule has 0 spiro atoms. The standard InChI is InChI=1S/C12H15ClN2O2/c1-8-4-9(16)7-15(6-8)12(17)10-2-3-14-5-11(10)13/h2-3,5,8-9,16H,4,6-7H2,1H3. The lowest BCUT2D eigenvalue weighted by atomic mass is 9.97. The molecule has 5 heteroatoms. The predicted octanol–water partition coefficient (Wildman–Crippen LogP) is 1.58. The second kappa shape index (κ2) is 5.02. The molecule has 1 aliphatic rings. The highest BCUT2D eigenvalue weighted by Crippen LogP contribution is 2.21. The maximum Gasteiger partial charge on any atom is 0.255 e. The van der Waals surface area contributed by atoms with Crippen LogP contribution in [0.15, 0.2) is 18.5 Å². The fraction of sp³-hybridized carbons (Fsp3) is 0.500. The van der Waals surface area contributed by atoms with Crippen molar-refractivity contribution in [1.29, 1.82) is 0 Å². The predicted molar refractivity (Wildman–Crippen MR) is 64.9 cm³/mol. The molecule has 1 aromatic heterocycles. The summed E-state index contributed by atoms with van der Waals surface area (Å²) in [4.78, 5) is 17.7. The van der Waals surface area contributed by atoms with Crippen LogP contribution in [0.2, 0.25) is 5.02 Å². The number of likely N-dealkylation sites (tertiary alicyclic amines) is 1. The first-order valence-corrected chi connectivity index (χ1v) is 6.02. The number of aliphatic hydroxyl groups is 1. The van der Waals surface area contributed by atoms with Crippen LogP contribution in [0.25, 0.3) is 0 Å². The molecule has 0 aliphatic carbocycles. The number of rotatable bonds is 1. The Labute approximate surface area is 105 Å². The van der Waals surface area contributed by atoms with Gasteiger partial charge in [0.05, 0.1) is 16.7 Å². The molecule has 4 nitrogen and oxygen atoms in total. The van der Waals surface area contributed by atoms with Gasteiger partial charge in [-0.15, -0.1) is 0 Å². The summed E-state index contributed by atoms with van der Waals surface area (Å²) < 4.78 is 0. The molecule has 1 fully saturated rings. The van der Waals surface area contributed by atoms with Gasteiger partial charge in [0.1, 0.15) is 0 Å². The van der Waals surface area contributed by atoms with Gasteiger partial charge in [-0.25, -0.2) is 0 Å². The third-order valence-electron chi connectivity index (χ3n) is 2.93. The number of carbonyl (C=O) groups is 1. The first kappa shape index (κ1) is 12.3. The van der Waals surface area contributed by atoms with Crippen LogP contribution in [-0.4, -0.2) is 40.1 Å². The van der Waals surface area contributed by atoms with Crippen LogP contribution >= 0.6 is 11.6 Å². The number of aliphatic hydroxyl groups excluding tert-OH is 1. The van der Waals surface area contributed by atoms with Crippen LogP contribution in [0, 0.1) is 5.92 Å². The normalized spacial score (nSPS) is 24.8. The van der Waals surface area contributed by atoms with Crippen LogP contribution in [0.5, 0.6) is 0 Å². The number of pyridine rings is 1. The van der Waals surface area contributed by atoms with Gasteiger partial charge in [0.25, 0.3) is 5.91 Å². The van der Waals surface area contributed by atoms with Gasteiger partial charge >= 0.3 is 0 Å². The summed E-state index contributed by atoms with van der Waals surface area (Å²) in [7, 11) is 0. The van der Waals surface area contributed by atoms with Gasteiger partial charge in [0, 0.05) is 25.5 Å². The monoisotopic (exact) mass is 254 g/mol. The molecule has 1 amide bonds. The Morgan fingerprint density at radius 2 is 2.35 bits per heavy atom. The summed E-state index contributed by atoms with van der Waals surface area (Å²) in [5.74, 6) is 0.173. The highest BCUT2D eigenvalue weighted by molar-refractivity contribution is 6.33. The van der Waals surface area contributed by atoms with Crippen molar-refractivity contribution in [3.63, 3.8) is 0 Å². The molecule has 1 aromatic rings. The Morgan fingerprint density at radius 1 is 1.59 bits per heavy atom. The quantitative estimate of drug-likeness (QED) is 0.828. The van der Waals surface area contributed by atoms with E-state index in [0.29, 0.717) is 29.6 Å². The van der Waals surface area contributed by atoms with Gasteiger partial charge in [-0.2, -0.15) is 0 Å². The van der Waals surface area contributed by atoms with Gasteiger partial charge in [0.2, 0.25) is 0 Å². The van der Waals surface area contributed by atoms with Crippen molar-refractivity contribution in [2.75, 3.05) is 13.1 Å². The zero-order valence-electron chi connectivity index (χ0n) is 9.64. The molecule has 0 bridgehead atoms. The summed E-state index contributed by atoms with van der Waals surface area (Å²) in [5.41, 5.74) is 0.447. The summed E-state index contributed by atoms with van der Waals surface area (Å²) in [6.07, 6.45) is 3.30. The molecule has 1 N–H and O–H groups in total. The van der Waals surface area contributed by atoms with E-state index in [1.165, 1.54) is 6.20 Å². The fourth-order valence-corrected chi connectivity index (χ4v) is 2.40. The molecule has 92 valence electrons. The molecule has 2 atom stereocenters.